The van der Waals surface area contributed by atoms with Gasteiger partial charge in [-0.3, -0.25) is 9.69 Å². The summed E-state index contributed by atoms with van der Waals surface area (Å²) in [5.74, 6) is 1.95. The second-order valence-corrected chi connectivity index (χ2v) is 10.5. The molecule has 0 fully saturated rings. The van der Waals surface area contributed by atoms with Crippen LogP contribution in [0.1, 0.15) is 49.5 Å². The number of hydrogen-bond donors (Lipinski definition) is 1. The van der Waals surface area contributed by atoms with Gasteiger partial charge in [0.15, 0.2) is 5.82 Å². The van der Waals surface area contributed by atoms with Gasteiger partial charge in [0.25, 0.3) is 5.56 Å². The molecule has 5 rings (SSSR count). The van der Waals surface area contributed by atoms with Crippen LogP contribution in [0.5, 0.6) is 5.75 Å². The fourth-order valence-corrected chi connectivity index (χ4v) is 4.76. The summed E-state index contributed by atoms with van der Waals surface area (Å²) in [5, 5.41) is 14.2. The third kappa shape index (κ3) is 5.20. The molecular weight excluding hydrogens is 504 g/mol. The molecule has 0 amide bonds. The standard InChI is InChI=1S/C28H29ClN6O3/c1-28(2,3)35-26(31-32-33-35)25(22-15-19-14-20(37-4)11-12-24(19)30-27(22)36)34(17-21-9-7-13-38-21)16-18-8-5-6-10-23(18)29/h5-15,25H,16-17H2,1-4H3,(H,30,36)/t25-/m0/s1. The molecule has 196 valence electrons. The molecule has 0 unspecified atom stereocenters. The number of hydrogen-bond acceptors (Lipinski definition) is 7. The van der Waals surface area contributed by atoms with Crippen LogP contribution in [0.15, 0.2) is 76.1 Å². The first-order valence-electron chi connectivity index (χ1n) is 12.2. The fraction of sp³-hybridized carbons (Fsp3) is 0.286. The lowest BCUT2D eigenvalue weighted by Crippen LogP contribution is -2.37. The van der Waals surface area contributed by atoms with Gasteiger partial charge in [-0.15, -0.1) is 5.10 Å². The van der Waals surface area contributed by atoms with Crippen molar-refractivity contribution in [2.24, 2.45) is 0 Å². The van der Waals surface area contributed by atoms with E-state index in [-0.39, 0.29) is 5.56 Å². The lowest BCUT2D eigenvalue weighted by Gasteiger charge is -2.32. The molecule has 0 radical (unpaired) electrons. The summed E-state index contributed by atoms with van der Waals surface area (Å²) in [6, 6.07) is 18.2. The van der Waals surface area contributed by atoms with Crippen LogP contribution in [0, 0.1) is 0 Å². The molecule has 10 heteroatoms. The highest BCUT2D eigenvalue weighted by Gasteiger charge is 2.34. The number of furan rings is 1. The van der Waals surface area contributed by atoms with Crippen molar-refractivity contribution in [3.8, 4) is 5.75 Å². The van der Waals surface area contributed by atoms with Crippen molar-refractivity contribution >= 4 is 22.5 Å². The number of halogens is 1. The third-order valence-electron chi connectivity index (χ3n) is 6.38. The highest BCUT2D eigenvalue weighted by molar-refractivity contribution is 6.31. The van der Waals surface area contributed by atoms with E-state index in [1.54, 1.807) is 18.1 Å². The second-order valence-electron chi connectivity index (χ2n) is 10.1. The van der Waals surface area contributed by atoms with Crippen LogP contribution in [0.4, 0.5) is 0 Å². The second kappa shape index (κ2) is 10.4. The third-order valence-corrected chi connectivity index (χ3v) is 6.75. The number of rotatable bonds is 8. The first-order chi connectivity index (χ1) is 18.2. The highest BCUT2D eigenvalue weighted by atomic mass is 35.5. The summed E-state index contributed by atoms with van der Waals surface area (Å²) < 4.78 is 12.9. The maximum Gasteiger partial charge on any atom is 0.253 e. The minimum absolute atomic E-state index is 0.236. The number of benzene rings is 2. The number of nitrogens with zero attached hydrogens (tertiary/aromatic N) is 5. The Bertz CT molecular complexity index is 1600. The quantitative estimate of drug-likeness (QED) is 0.288. The molecule has 2 aromatic carbocycles. The molecule has 0 saturated carbocycles. The van der Waals surface area contributed by atoms with Crippen LogP contribution in [-0.4, -0.2) is 37.2 Å². The number of methoxy groups -OCH3 is 1. The maximum atomic E-state index is 13.7. The van der Waals surface area contributed by atoms with E-state index in [9.17, 15) is 4.79 Å². The Morgan fingerprint density at radius 1 is 1.11 bits per heavy atom. The normalized spacial score (nSPS) is 12.8. The lowest BCUT2D eigenvalue weighted by molar-refractivity contribution is 0.171. The zero-order chi connectivity index (χ0) is 26.9. The van der Waals surface area contributed by atoms with E-state index in [4.69, 9.17) is 20.8 Å². The molecule has 0 aliphatic carbocycles. The minimum atomic E-state index is -0.634. The number of aromatic amines is 1. The van der Waals surface area contributed by atoms with Gasteiger partial charge in [0, 0.05) is 28.0 Å². The predicted octanol–water partition coefficient (Wildman–Crippen LogP) is 5.32. The summed E-state index contributed by atoms with van der Waals surface area (Å²) >= 11 is 6.60. The summed E-state index contributed by atoms with van der Waals surface area (Å²) in [4.78, 5) is 18.8. The molecule has 3 aromatic heterocycles. The number of H-pyrrole nitrogens is 1. The van der Waals surface area contributed by atoms with E-state index in [0.29, 0.717) is 40.8 Å². The van der Waals surface area contributed by atoms with Crippen molar-refractivity contribution in [2.75, 3.05) is 7.11 Å². The maximum absolute atomic E-state index is 13.7. The van der Waals surface area contributed by atoms with E-state index in [1.165, 1.54) is 0 Å². The van der Waals surface area contributed by atoms with E-state index >= 15 is 0 Å². The van der Waals surface area contributed by atoms with Crippen molar-refractivity contribution < 1.29 is 9.15 Å². The van der Waals surface area contributed by atoms with Gasteiger partial charge < -0.3 is 14.1 Å². The summed E-state index contributed by atoms with van der Waals surface area (Å²) in [5.41, 5.74) is 1.42. The Kier molecular flexibility index (Phi) is 7.05. The number of nitrogens with one attached hydrogen (secondary N) is 1. The molecule has 9 nitrogen and oxygen atoms in total. The summed E-state index contributed by atoms with van der Waals surface area (Å²) in [6.45, 7) is 6.85. The van der Waals surface area contributed by atoms with Crippen molar-refractivity contribution in [1.82, 2.24) is 30.1 Å². The lowest BCUT2D eigenvalue weighted by atomic mass is 10.0. The number of fused-ring (bicyclic) bond motifs is 1. The van der Waals surface area contributed by atoms with Crippen molar-refractivity contribution in [3.63, 3.8) is 0 Å². The van der Waals surface area contributed by atoms with E-state index in [2.05, 4.69) is 25.4 Å². The topological polar surface area (TPSA) is 102 Å². The van der Waals surface area contributed by atoms with Gasteiger partial charge in [0.05, 0.1) is 25.5 Å². The monoisotopic (exact) mass is 532 g/mol. The first kappa shape index (κ1) is 25.7. The molecule has 0 aliphatic rings. The average Bonchev–Trinajstić information content (AvgIpc) is 3.58. The van der Waals surface area contributed by atoms with E-state index in [0.717, 1.165) is 16.7 Å². The fourth-order valence-electron chi connectivity index (χ4n) is 4.56. The molecular formula is C28H29ClN6O3. The Balaban J connectivity index is 1.74. The van der Waals surface area contributed by atoms with Crippen LogP contribution in [0.2, 0.25) is 5.02 Å². The zero-order valence-corrected chi connectivity index (χ0v) is 22.4. The van der Waals surface area contributed by atoms with Gasteiger partial charge in [0.2, 0.25) is 0 Å². The van der Waals surface area contributed by atoms with Crippen molar-refractivity contribution in [2.45, 2.75) is 45.4 Å². The smallest absolute Gasteiger partial charge is 0.253 e. The number of aromatic nitrogens is 5. The van der Waals surface area contributed by atoms with E-state index < -0.39 is 11.6 Å². The van der Waals surface area contributed by atoms with Crippen molar-refractivity contribution in [3.05, 3.63) is 105 Å². The van der Waals surface area contributed by atoms with Crippen LogP contribution in [0.3, 0.4) is 0 Å². The van der Waals surface area contributed by atoms with Gasteiger partial charge in [-0.2, -0.15) is 0 Å². The summed E-state index contributed by atoms with van der Waals surface area (Å²) in [7, 11) is 1.61. The number of ether oxygens (including phenoxy) is 1. The number of pyridine rings is 1. The molecule has 1 atom stereocenters. The largest absolute Gasteiger partial charge is 0.497 e. The van der Waals surface area contributed by atoms with Crippen LogP contribution in [0.25, 0.3) is 10.9 Å². The zero-order valence-electron chi connectivity index (χ0n) is 21.7. The molecule has 38 heavy (non-hydrogen) atoms. The van der Waals surface area contributed by atoms with Crippen LogP contribution in [-0.2, 0) is 18.6 Å². The Morgan fingerprint density at radius 2 is 1.92 bits per heavy atom. The van der Waals surface area contributed by atoms with Gasteiger partial charge >= 0.3 is 0 Å². The van der Waals surface area contributed by atoms with Gasteiger partial charge in [-0.1, -0.05) is 29.8 Å². The van der Waals surface area contributed by atoms with Gasteiger partial charge in [-0.25, -0.2) is 4.68 Å². The molecule has 0 bridgehead atoms. The molecule has 0 aliphatic heterocycles. The molecule has 1 N–H and O–H groups in total. The van der Waals surface area contributed by atoms with Gasteiger partial charge in [-0.05, 0) is 79.2 Å². The Morgan fingerprint density at radius 3 is 2.63 bits per heavy atom. The molecule has 5 aromatic rings. The van der Waals surface area contributed by atoms with Gasteiger partial charge in [0.1, 0.15) is 17.6 Å². The Hall–Kier alpha value is -3.95. The predicted molar refractivity (Wildman–Crippen MR) is 145 cm³/mol. The molecule has 3 heterocycles. The van der Waals surface area contributed by atoms with Crippen LogP contribution < -0.4 is 10.3 Å². The van der Waals surface area contributed by atoms with Crippen LogP contribution >= 0.6 is 11.6 Å². The molecule has 0 saturated heterocycles. The average molecular weight is 533 g/mol. The SMILES string of the molecule is COc1ccc2[nH]c(=O)c([C@@H](c3nnnn3C(C)(C)C)N(Cc3ccco3)Cc3ccccc3Cl)cc2c1. The minimum Gasteiger partial charge on any atom is -0.497 e. The highest BCUT2D eigenvalue weighted by Crippen LogP contribution is 2.33. The number of tetrazole rings is 1. The molecule has 0 spiro atoms. The first-order valence-corrected chi connectivity index (χ1v) is 12.6. The Labute approximate surface area is 225 Å². The van der Waals surface area contributed by atoms with E-state index in [1.807, 2.05) is 81.4 Å². The van der Waals surface area contributed by atoms with Crippen molar-refractivity contribution in [1.29, 1.82) is 0 Å². The summed E-state index contributed by atoms with van der Waals surface area (Å²) in [6.07, 6.45) is 1.63.